The molecule has 1 heterocycles. The highest BCUT2D eigenvalue weighted by atomic mass is 16.6. The van der Waals surface area contributed by atoms with Crippen LogP contribution in [0, 0.1) is 6.92 Å². The van der Waals surface area contributed by atoms with Crippen LogP contribution >= 0.6 is 0 Å². The fraction of sp³-hybridized carbons (Fsp3) is 0.588. The molecule has 128 valence electrons. The molecule has 0 aromatic heterocycles. The van der Waals surface area contributed by atoms with Gasteiger partial charge in [-0.05, 0) is 58.4 Å². The molecule has 2 atom stereocenters. The number of piperidine rings is 1. The second-order valence-corrected chi connectivity index (χ2v) is 6.99. The monoisotopic (exact) mass is 321 g/mol. The van der Waals surface area contributed by atoms with Gasteiger partial charge in [-0.1, -0.05) is 6.07 Å². The summed E-state index contributed by atoms with van der Waals surface area (Å²) in [6.07, 6.45) is -0.127. The van der Waals surface area contributed by atoms with Crippen LogP contribution in [0.1, 0.15) is 32.8 Å². The molecule has 6 heteroatoms. The van der Waals surface area contributed by atoms with E-state index in [1.807, 2.05) is 45.9 Å². The number of β-amino-alcohol motifs (C(OH)–C–C–N with tert-alkyl or cyclic N) is 1. The Bertz CT molecular complexity index is 555. The average molecular weight is 321 g/mol. The molecule has 0 aliphatic carbocycles. The number of carbonyl (C=O) groups excluding carboxylic acids is 1. The van der Waals surface area contributed by atoms with E-state index >= 15 is 0 Å². The van der Waals surface area contributed by atoms with Crippen molar-refractivity contribution in [2.45, 2.75) is 51.9 Å². The van der Waals surface area contributed by atoms with Crippen molar-refractivity contribution in [3.63, 3.8) is 0 Å². The van der Waals surface area contributed by atoms with Gasteiger partial charge in [-0.15, -0.1) is 0 Å². The molecule has 1 aliphatic heterocycles. The Hall–Kier alpha value is -1.79. The normalized spacial score (nSPS) is 21.6. The maximum absolute atomic E-state index is 12.0. The molecule has 1 aliphatic rings. The van der Waals surface area contributed by atoms with Crippen molar-refractivity contribution < 1.29 is 14.6 Å². The first-order chi connectivity index (χ1) is 10.7. The number of aliphatic hydroxyl groups is 1. The van der Waals surface area contributed by atoms with Crippen LogP contribution in [0.2, 0.25) is 0 Å². The van der Waals surface area contributed by atoms with Gasteiger partial charge >= 0.3 is 6.09 Å². The fourth-order valence-electron chi connectivity index (χ4n) is 2.51. The van der Waals surface area contributed by atoms with E-state index in [9.17, 15) is 9.90 Å². The summed E-state index contributed by atoms with van der Waals surface area (Å²) in [5, 5.41) is 19.4. The van der Waals surface area contributed by atoms with Crippen LogP contribution < -0.4 is 16.0 Å². The number of benzene rings is 1. The molecule has 6 nitrogen and oxygen atoms in total. The van der Waals surface area contributed by atoms with Crippen molar-refractivity contribution in [1.82, 2.24) is 5.32 Å². The first-order valence-corrected chi connectivity index (χ1v) is 8.00. The lowest BCUT2D eigenvalue weighted by molar-refractivity contribution is 0.0636. The van der Waals surface area contributed by atoms with Crippen molar-refractivity contribution in [1.29, 1.82) is 0 Å². The van der Waals surface area contributed by atoms with E-state index in [1.165, 1.54) is 0 Å². The zero-order chi connectivity index (χ0) is 17.0. The van der Waals surface area contributed by atoms with E-state index in [4.69, 9.17) is 4.74 Å². The van der Waals surface area contributed by atoms with Crippen molar-refractivity contribution in [2.24, 2.45) is 0 Å². The molecule has 1 amide bonds. The Kier molecular flexibility index (Phi) is 5.49. The number of carbonyl (C=O) groups is 1. The van der Waals surface area contributed by atoms with Gasteiger partial charge in [0.1, 0.15) is 5.60 Å². The van der Waals surface area contributed by atoms with Gasteiger partial charge in [0.2, 0.25) is 0 Å². The number of hydrogen-bond donors (Lipinski definition) is 4. The number of ether oxygens (including phenoxy) is 1. The summed E-state index contributed by atoms with van der Waals surface area (Å²) < 4.78 is 5.31. The van der Waals surface area contributed by atoms with E-state index in [-0.39, 0.29) is 6.04 Å². The minimum atomic E-state index is -0.549. The minimum Gasteiger partial charge on any atom is -0.444 e. The van der Waals surface area contributed by atoms with Crippen molar-refractivity contribution in [3.05, 3.63) is 23.8 Å². The van der Waals surface area contributed by atoms with Gasteiger partial charge in [-0.2, -0.15) is 0 Å². The molecule has 0 bridgehead atoms. The Morgan fingerprint density at radius 1 is 1.35 bits per heavy atom. The lowest BCUT2D eigenvalue weighted by atomic mass is 10.0. The zero-order valence-electron chi connectivity index (χ0n) is 14.3. The van der Waals surface area contributed by atoms with Gasteiger partial charge in [-0.25, -0.2) is 4.79 Å². The number of aryl methyl sites for hydroxylation is 1. The van der Waals surface area contributed by atoms with E-state index in [2.05, 4.69) is 16.0 Å². The predicted octanol–water partition coefficient (Wildman–Crippen LogP) is 2.48. The zero-order valence-corrected chi connectivity index (χ0v) is 14.3. The summed E-state index contributed by atoms with van der Waals surface area (Å²) in [5.41, 5.74) is 1.93. The molecule has 23 heavy (non-hydrogen) atoms. The number of aliphatic hydroxyl groups excluding tert-OH is 1. The summed E-state index contributed by atoms with van der Waals surface area (Å²) in [6.45, 7) is 8.87. The van der Waals surface area contributed by atoms with Gasteiger partial charge in [0, 0.05) is 6.54 Å². The molecule has 1 unspecified atom stereocenters. The van der Waals surface area contributed by atoms with E-state index in [0.717, 1.165) is 24.2 Å². The van der Waals surface area contributed by atoms with Crippen molar-refractivity contribution >= 4 is 17.5 Å². The molecular formula is C17H27N3O3. The van der Waals surface area contributed by atoms with E-state index in [1.54, 1.807) is 0 Å². The van der Waals surface area contributed by atoms with E-state index in [0.29, 0.717) is 12.2 Å². The quantitative estimate of drug-likeness (QED) is 0.687. The summed E-state index contributed by atoms with van der Waals surface area (Å²) in [5.74, 6) is 0. The number of amides is 1. The largest absolute Gasteiger partial charge is 0.444 e. The van der Waals surface area contributed by atoms with Crippen LogP contribution in [-0.4, -0.2) is 42.0 Å². The third kappa shape index (κ3) is 5.41. The maximum atomic E-state index is 12.0. The molecule has 1 fully saturated rings. The number of hydrogen-bond acceptors (Lipinski definition) is 5. The molecular weight excluding hydrogens is 294 g/mol. The van der Waals surface area contributed by atoms with Crippen LogP contribution in [0.5, 0.6) is 0 Å². The second kappa shape index (κ2) is 7.19. The van der Waals surface area contributed by atoms with E-state index < -0.39 is 17.8 Å². The third-order valence-electron chi connectivity index (χ3n) is 3.60. The smallest absolute Gasteiger partial charge is 0.412 e. The summed E-state index contributed by atoms with van der Waals surface area (Å²) in [6, 6.07) is 5.73. The topological polar surface area (TPSA) is 82.6 Å². The Balaban J connectivity index is 2.12. The van der Waals surface area contributed by atoms with Crippen molar-refractivity contribution in [2.75, 3.05) is 23.7 Å². The molecule has 0 spiro atoms. The highest BCUT2D eigenvalue weighted by Gasteiger charge is 2.24. The standard InChI is InChI=1S/C17H27N3O3/c1-11-5-6-12(19-13-7-8-18-10-15(13)21)14(9-11)20-16(22)23-17(2,3)4/h5-6,9,13,15,18-19,21H,7-8,10H2,1-4H3,(H,20,22)/t13?,15-/m1/s1. The predicted molar refractivity (Wildman–Crippen MR) is 91.9 cm³/mol. The minimum absolute atomic E-state index is 0.0434. The van der Waals surface area contributed by atoms with Gasteiger partial charge < -0.3 is 20.5 Å². The van der Waals surface area contributed by atoms with Crippen LogP contribution in [0.25, 0.3) is 0 Å². The lowest BCUT2D eigenvalue weighted by Gasteiger charge is -2.30. The molecule has 0 radical (unpaired) electrons. The summed E-state index contributed by atoms with van der Waals surface area (Å²) >= 11 is 0. The first kappa shape index (κ1) is 17.6. The SMILES string of the molecule is Cc1ccc(NC2CCNC[C@H]2O)c(NC(=O)OC(C)(C)C)c1. The number of anilines is 2. The molecule has 1 aromatic rings. The maximum Gasteiger partial charge on any atom is 0.412 e. The molecule has 0 saturated carbocycles. The molecule has 2 rings (SSSR count). The van der Waals surface area contributed by atoms with Gasteiger partial charge in [0.05, 0.1) is 23.5 Å². The van der Waals surface area contributed by atoms with Crippen LogP contribution in [-0.2, 0) is 4.74 Å². The van der Waals surface area contributed by atoms with Gasteiger partial charge in [0.15, 0.2) is 0 Å². The Morgan fingerprint density at radius 2 is 2.09 bits per heavy atom. The van der Waals surface area contributed by atoms with Gasteiger partial charge in [0.25, 0.3) is 0 Å². The number of nitrogens with one attached hydrogen (secondary N) is 3. The average Bonchev–Trinajstić information content (AvgIpc) is 2.42. The van der Waals surface area contributed by atoms with Gasteiger partial charge in [-0.3, -0.25) is 5.32 Å². The molecule has 1 aromatic carbocycles. The first-order valence-electron chi connectivity index (χ1n) is 8.00. The highest BCUT2D eigenvalue weighted by Crippen LogP contribution is 2.26. The summed E-state index contributed by atoms with van der Waals surface area (Å²) in [4.78, 5) is 12.0. The Morgan fingerprint density at radius 3 is 2.74 bits per heavy atom. The molecule has 1 saturated heterocycles. The second-order valence-electron chi connectivity index (χ2n) is 6.99. The van der Waals surface area contributed by atoms with Crippen LogP contribution in [0.15, 0.2) is 18.2 Å². The fourth-order valence-corrected chi connectivity index (χ4v) is 2.51. The van der Waals surface area contributed by atoms with Crippen LogP contribution in [0.4, 0.5) is 16.2 Å². The third-order valence-corrected chi connectivity index (χ3v) is 3.60. The Labute approximate surface area is 137 Å². The van der Waals surface area contributed by atoms with Crippen LogP contribution in [0.3, 0.4) is 0 Å². The summed E-state index contributed by atoms with van der Waals surface area (Å²) in [7, 11) is 0. The molecule has 4 N–H and O–H groups in total. The number of rotatable bonds is 3. The highest BCUT2D eigenvalue weighted by molar-refractivity contribution is 5.90. The van der Waals surface area contributed by atoms with Crippen molar-refractivity contribution in [3.8, 4) is 0 Å². The lowest BCUT2D eigenvalue weighted by Crippen LogP contribution is -2.47.